The van der Waals surface area contributed by atoms with Crippen molar-refractivity contribution in [1.82, 2.24) is 4.31 Å². The van der Waals surface area contributed by atoms with Gasteiger partial charge in [-0.2, -0.15) is 9.57 Å². The summed E-state index contributed by atoms with van der Waals surface area (Å²) in [7, 11) is -3.68. The minimum atomic E-state index is -3.68. The van der Waals surface area contributed by atoms with Gasteiger partial charge < -0.3 is 5.11 Å². The SMILES string of the molecule is N#Cc1ccc(S(=O)(=O)N2CCC[C@H](C(=O)O)C2)s1. The zero-order valence-corrected chi connectivity index (χ0v) is 11.6. The van der Waals surface area contributed by atoms with E-state index in [1.54, 1.807) is 0 Å². The minimum absolute atomic E-state index is 0.00253. The number of hydrogen-bond acceptors (Lipinski definition) is 5. The van der Waals surface area contributed by atoms with Gasteiger partial charge >= 0.3 is 5.97 Å². The van der Waals surface area contributed by atoms with Crippen LogP contribution in [0.5, 0.6) is 0 Å². The predicted octanol–water partition coefficient (Wildman–Crippen LogP) is 1.11. The van der Waals surface area contributed by atoms with Gasteiger partial charge in [0.05, 0.1) is 5.92 Å². The molecule has 1 aromatic rings. The second kappa shape index (κ2) is 5.28. The number of carboxylic acid groups (broad SMARTS) is 1. The summed E-state index contributed by atoms with van der Waals surface area (Å²) in [6.45, 7) is 0.323. The molecule has 0 amide bonds. The Labute approximate surface area is 114 Å². The van der Waals surface area contributed by atoms with Crippen LogP contribution in [0.25, 0.3) is 0 Å². The van der Waals surface area contributed by atoms with E-state index in [0.717, 1.165) is 11.3 Å². The first-order valence-corrected chi connectivity index (χ1v) is 7.93. The maximum atomic E-state index is 12.3. The monoisotopic (exact) mass is 300 g/mol. The van der Waals surface area contributed by atoms with Crippen LogP contribution in [0.4, 0.5) is 0 Å². The third-order valence-electron chi connectivity index (χ3n) is 3.02. The molecule has 2 heterocycles. The normalized spacial score (nSPS) is 20.9. The molecule has 1 atom stereocenters. The third-order valence-corrected chi connectivity index (χ3v) is 6.34. The number of thiophene rings is 1. The van der Waals surface area contributed by atoms with Crippen LogP contribution in [0.3, 0.4) is 0 Å². The van der Waals surface area contributed by atoms with Gasteiger partial charge in [-0.15, -0.1) is 11.3 Å². The topological polar surface area (TPSA) is 98.5 Å². The van der Waals surface area contributed by atoms with Crippen molar-refractivity contribution in [3.63, 3.8) is 0 Å². The van der Waals surface area contributed by atoms with E-state index in [0.29, 0.717) is 24.3 Å². The fraction of sp³-hybridized carbons (Fsp3) is 0.455. The molecule has 2 rings (SSSR count). The molecule has 1 saturated heterocycles. The van der Waals surface area contributed by atoms with E-state index in [-0.39, 0.29) is 10.8 Å². The highest BCUT2D eigenvalue weighted by Crippen LogP contribution is 2.28. The Morgan fingerprint density at radius 3 is 2.84 bits per heavy atom. The fourth-order valence-electron chi connectivity index (χ4n) is 2.01. The van der Waals surface area contributed by atoms with Crippen molar-refractivity contribution < 1.29 is 18.3 Å². The van der Waals surface area contributed by atoms with Crippen molar-refractivity contribution in [2.45, 2.75) is 17.1 Å². The molecule has 0 bridgehead atoms. The van der Waals surface area contributed by atoms with Crippen LogP contribution in [-0.2, 0) is 14.8 Å². The highest BCUT2D eigenvalue weighted by molar-refractivity contribution is 7.91. The number of piperidine rings is 1. The van der Waals surface area contributed by atoms with Crippen LogP contribution in [-0.4, -0.2) is 36.9 Å². The molecule has 1 N–H and O–H groups in total. The average molecular weight is 300 g/mol. The van der Waals surface area contributed by atoms with Crippen molar-refractivity contribution in [2.24, 2.45) is 5.92 Å². The van der Waals surface area contributed by atoms with Gasteiger partial charge in [0, 0.05) is 13.1 Å². The highest BCUT2D eigenvalue weighted by atomic mass is 32.2. The Morgan fingerprint density at radius 2 is 2.26 bits per heavy atom. The van der Waals surface area contributed by atoms with Crippen LogP contribution < -0.4 is 0 Å². The number of nitriles is 1. The standard InChI is InChI=1S/C11H12N2O4S2/c12-6-9-3-4-10(18-9)19(16,17)13-5-1-2-8(7-13)11(14)15/h3-4,8H,1-2,5,7H2,(H,14,15)/t8-/m0/s1. The summed E-state index contributed by atoms with van der Waals surface area (Å²) < 4.78 is 25.9. The Morgan fingerprint density at radius 1 is 1.53 bits per heavy atom. The third kappa shape index (κ3) is 2.78. The first kappa shape index (κ1) is 14.0. The summed E-state index contributed by atoms with van der Waals surface area (Å²) in [6, 6.07) is 4.74. The zero-order chi connectivity index (χ0) is 14.0. The predicted molar refractivity (Wildman–Crippen MR) is 68.2 cm³/mol. The van der Waals surface area contributed by atoms with Crippen LogP contribution in [0.15, 0.2) is 16.3 Å². The lowest BCUT2D eigenvalue weighted by Crippen LogP contribution is -2.41. The minimum Gasteiger partial charge on any atom is -0.481 e. The molecule has 0 aromatic carbocycles. The van der Waals surface area contributed by atoms with E-state index >= 15 is 0 Å². The zero-order valence-electron chi connectivity index (χ0n) is 9.94. The fourth-order valence-corrected chi connectivity index (χ4v) is 4.79. The number of aliphatic carboxylic acids is 1. The van der Waals surface area contributed by atoms with Crippen molar-refractivity contribution in [1.29, 1.82) is 5.26 Å². The van der Waals surface area contributed by atoms with Gasteiger partial charge in [0.15, 0.2) is 0 Å². The van der Waals surface area contributed by atoms with Gasteiger partial charge in [-0.1, -0.05) is 0 Å². The Bertz CT molecular complexity index is 629. The number of carboxylic acids is 1. The smallest absolute Gasteiger partial charge is 0.307 e. The number of carbonyl (C=O) groups is 1. The van der Waals surface area contributed by atoms with E-state index in [1.165, 1.54) is 16.4 Å². The van der Waals surface area contributed by atoms with E-state index in [1.807, 2.05) is 6.07 Å². The molecular weight excluding hydrogens is 288 g/mol. The van der Waals surface area contributed by atoms with Gasteiger partial charge in [0.1, 0.15) is 15.2 Å². The molecule has 1 fully saturated rings. The Kier molecular flexibility index (Phi) is 3.89. The van der Waals surface area contributed by atoms with Gasteiger partial charge in [-0.25, -0.2) is 8.42 Å². The summed E-state index contributed by atoms with van der Waals surface area (Å²) >= 11 is 0.905. The lowest BCUT2D eigenvalue weighted by Gasteiger charge is -2.29. The maximum absolute atomic E-state index is 12.3. The summed E-state index contributed by atoms with van der Waals surface area (Å²) in [5, 5.41) is 17.7. The molecule has 102 valence electrons. The summed E-state index contributed by atoms with van der Waals surface area (Å²) in [5.41, 5.74) is 0. The number of rotatable bonds is 3. The lowest BCUT2D eigenvalue weighted by atomic mass is 10.0. The molecule has 0 unspecified atom stereocenters. The summed E-state index contributed by atoms with van der Waals surface area (Å²) in [4.78, 5) is 11.3. The molecule has 1 aliphatic heterocycles. The van der Waals surface area contributed by atoms with Gasteiger partial charge in [-0.05, 0) is 25.0 Å². The van der Waals surface area contributed by atoms with E-state index in [2.05, 4.69) is 0 Å². The number of hydrogen-bond donors (Lipinski definition) is 1. The summed E-state index contributed by atoms with van der Waals surface area (Å²) in [6.07, 6.45) is 1.03. The molecule has 0 aliphatic carbocycles. The molecule has 19 heavy (non-hydrogen) atoms. The van der Waals surface area contributed by atoms with E-state index in [9.17, 15) is 13.2 Å². The van der Waals surface area contributed by atoms with Gasteiger partial charge in [0.2, 0.25) is 0 Å². The van der Waals surface area contributed by atoms with Crippen LogP contribution >= 0.6 is 11.3 Å². The second-order valence-electron chi connectivity index (χ2n) is 4.27. The second-order valence-corrected chi connectivity index (χ2v) is 7.52. The van der Waals surface area contributed by atoms with Crippen molar-refractivity contribution in [3.8, 4) is 6.07 Å². The average Bonchev–Trinajstić information content (AvgIpc) is 2.88. The largest absolute Gasteiger partial charge is 0.481 e. The Balaban J connectivity index is 2.24. The molecular formula is C11H12N2O4S2. The first-order valence-electron chi connectivity index (χ1n) is 5.68. The number of nitrogens with zero attached hydrogens (tertiary/aromatic N) is 2. The molecule has 8 heteroatoms. The van der Waals surface area contributed by atoms with Gasteiger partial charge in [-0.3, -0.25) is 4.79 Å². The van der Waals surface area contributed by atoms with E-state index in [4.69, 9.17) is 10.4 Å². The molecule has 6 nitrogen and oxygen atoms in total. The van der Waals surface area contributed by atoms with Gasteiger partial charge in [0.25, 0.3) is 10.0 Å². The first-order chi connectivity index (χ1) is 8.95. The quantitative estimate of drug-likeness (QED) is 0.901. The lowest BCUT2D eigenvalue weighted by molar-refractivity contribution is -0.142. The van der Waals surface area contributed by atoms with Crippen molar-refractivity contribution >= 4 is 27.3 Å². The maximum Gasteiger partial charge on any atom is 0.307 e. The molecule has 0 spiro atoms. The Hall–Kier alpha value is -1.43. The number of sulfonamides is 1. The molecule has 0 saturated carbocycles. The van der Waals surface area contributed by atoms with Crippen molar-refractivity contribution in [3.05, 3.63) is 17.0 Å². The van der Waals surface area contributed by atoms with Crippen LogP contribution in [0, 0.1) is 17.2 Å². The highest BCUT2D eigenvalue weighted by Gasteiger charge is 2.33. The van der Waals surface area contributed by atoms with E-state index < -0.39 is 21.9 Å². The van der Waals surface area contributed by atoms with Crippen LogP contribution in [0.2, 0.25) is 0 Å². The molecule has 1 aliphatic rings. The van der Waals surface area contributed by atoms with Crippen molar-refractivity contribution in [2.75, 3.05) is 13.1 Å². The van der Waals surface area contributed by atoms with Crippen LogP contribution in [0.1, 0.15) is 17.7 Å². The molecule has 0 radical (unpaired) electrons. The summed E-state index contributed by atoms with van der Waals surface area (Å²) in [5.74, 6) is -1.62. The molecule has 1 aromatic heterocycles.